The van der Waals surface area contributed by atoms with E-state index in [0.29, 0.717) is 6.54 Å². The van der Waals surface area contributed by atoms with E-state index in [4.69, 9.17) is 4.74 Å². The van der Waals surface area contributed by atoms with Crippen LogP contribution in [0.1, 0.15) is 42.6 Å². The molecule has 2 rings (SSSR count). The van der Waals surface area contributed by atoms with Gasteiger partial charge in [-0.3, -0.25) is 4.68 Å². The van der Waals surface area contributed by atoms with Crippen molar-refractivity contribution in [2.75, 3.05) is 11.9 Å². The third-order valence-corrected chi connectivity index (χ3v) is 3.59. The molecule has 0 spiro atoms. The number of carboxylic acids is 1. The quantitative estimate of drug-likeness (QED) is 0.708. The van der Waals surface area contributed by atoms with Gasteiger partial charge in [0.2, 0.25) is 0 Å². The van der Waals surface area contributed by atoms with Gasteiger partial charge in [-0.15, -0.1) is 5.10 Å². The molecule has 1 aromatic heterocycles. The van der Waals surface area contributed by atoms with Crippen molar-refractivity contribution < 1.29 is 27.8 Å². The predicted molar refractivity (Wildman–Crippen MR) is 89.8 cm³/mol. The first-order valence-corrected chi connectivity index (χ1v) is 8.20. The lowest BCUT2D eigenvalue weighted by Crippen LogP contribution is -2.12. The van der Waals surface area contributed by atoms with Gasteiger partial charge in [-0.05, 0) is 25.5 Å². The Hall–Kier alpha value is -2.71. The Balaban J connectivity index is 2.44. The maximum atomic E-state index is 13.2. The van der Waals surface area contributed by atoms with Gasteiger partial charge in [-0.1, -0.05) is 19.4 Å². The van der Waals surface area contributed by atoms with Crippen molar-refractivity contribution in [3.8, 4) is 11.6 Å². The van der Waals surface area contributed by atoms with Crippen LogP contribution in [0.5, 0.6) is 11.6 Å². The number of aryl methyl sites for hydroxylation is 1. The molecule has 0 saturated heterocycles. The number of aromatic carboxylic acids is 1. The molecule has 2 aromatic rings. The van der Waals surface area contributed by atoms with E-state index in [1.54, 1.807) is 6.92 Å². The molecule has 0 radical (unpaired) electrons. The number of benzene rings is 1. The number of unbranched alkanes of at least 4 members (excludes halogenated alkanes) is 1. The lowest BCUT2D eigenvalue weighted by Gasteiger charge is -2.17. The first-order valence-electron chi connectivity index (χ1n) is 8.20. The van der Waals surface area contributed by atoms with Crippen LogP contribution in [0.15, 0.2) is 24.4 Å². The average molecular weight is 371 g/mol. The van der Waals surface area contributed by atoms with Crippen LogP contribution in [0.2, 0.25) is 0 Å². The summed E-state index contributed by atoms with van der Waals surface area (Å²) in [6.45, 7) is 4.35. The van der Waals surface area contributed by atoms with Crippen LogP contribution >= 0.6 is 0 Å². The minimum atomic E-state index is -4.58. The molecule has 0 aliphatic heterocycles. The Morgan fingerprint density at radius 2 is 2.08 bits per heavy atom. The van der Waals surface area contributed by atoms with Crippen molar-refractivity contribution in [2.45, 2.75) is 39.4 Å². The second kappa shape index (κ2) is 8.11. The molecule has 0 aliphatic rings. The molecule has 0 atom stereocenters. The molecule has 0 fully saturated rings. The van der Waals surface area contributed by atoms with Crippen LogP contribution in [-0.2, 0) is 12.7 Å². The number of anilines is 1. The van der Waals surface area contributed by atoms with E-state index in [1.807, 2.05) is 6.92 Å². The minimum Gasteiger partial charge on any atom is -0.477 e. The summed E-state index contributed by atoms with van der Waals surface area (Å²) in [4.78, 5) is 11.4. The summed E-state index contributed by atoms with van der Waals surface area (Å²) in [5.41, 5.74) is -1.35. The fraction of sp³-hybridized carbons (Fsp3) is 0.412. The summed E-state index contributed by atoms with van der Waals surface area (Å²) in [6, 6.07) is 3.47. The number of hydrogen-bond acceptors (Lipinski definition) is 4. The number of hydrogen-bond donors (Lipinski definition) is 2. The molecular weight excluding hydrogens is 351 g/mol. The zero-order chi connectivity index (χ0) is 19.3. The number of nitrogens with zero attached hydrogens (tertiary/aromatic N) is 2. The zero-order valence-electron chi connectivity index (χ0n) is 14.4. The molecular formula is C17H20F3N3O3. The van der Waals surface area contributed by atoms with Crippen molar-refractivity contribution in [1.82, 2.24) is 9.78 Å². The van der Waals surface area contributed by atoms with Crippen LogP contribution in [0.3, 0.4) is 0 Å². The van der Waals surface area contributed by atoms with Gasteiger partial charge in [-0.25, -0.2) is 4.79 Å². The maximum Gasteiger partial charge on any atom is 0.418 e. The van der Waals surface area contributed by atoms with Gasteiger partial charge in [0.15, 0.2) is 5.75 Å². The highest BCUT2D eigenvalue weighted by Crippen LogP contribution is 2.41. The molecule has 1 heterocycles. The fourth-order valence-corrected chi connectivity index (χ4v) is 2.38. The number of rotatable bonds is 8. The lowest BCUT2D eigenvalue weighted by atomic mass is 10.1. The van der Waals surface area contributed by atoms with E-state index < -0.39 is 17.7 Å². The number of alkyl halides is 3. The normalized spacial score (nSPS) is 11.4. The third kappa shape index (κ3) is 4.47. The summed E-state index contributed by atoms with van der Waals surface area (Å²) in [5.74, 6) is -1.64. The van der Waals surface area contributed by atoms with E-state index in [1.165, 1.54) is 23.0 Å². The van der Waals surface area contributed by atoms with Crippen molar-refractivity contribution in [3.63, 3.8) is 0 Å². The standard InChI is InChI=1S/C17H20F3N3O3/c1-3-5-9-23-10-11(16(24)25)15(22-23)26-13-8-6-7-12(17(18,19)20)14(13)21-4-2/h6-8,10,21H,3-5,9H2,1-2H3,(H,24,25). The van der Waals surface area contributed by atoms with E-state index >= 15 is 0 Å². The fourth-order valence-electron chi connectivity index (χ4n) is 2.38. The number of ether oxygens (including phenoxy) is 1. The molecule has 0 amide bonds. The highest BCUT2D eigenvalue weighted by atomic mass is 19.4. The molecule has 0 bridgehead atoms. The lowest BCUT2D eigenvalue weighted by molar-refractivity contribution is -0.137. The molecule has 26 heavy (non-hydrogen) atoms. The van der Waals surface area contributed by atoms with Crippen molar-refractivity contribution in [1.29, 1.82) is 0 Å². The highest BCUT2D eigenvalue weighted by Gasteiger charge is 2.35. The maximum absolute atomic E-state index is 13.2. The van der Waals surface area contributed by atoms with Crippen LogP contribution in [0.4, 0.5) is 18.9 Å². The van der Waals surface area contributed by atoms with E-state index in [2.05, 4.69) is 10.4 Å². The molecule has 6 nitrogen and oxygen atoms in total. The second-order valence-electron chi connectivity index (χ2n) is 5.58. The molecule has 0 aliphatic carbocycles. The van der Waals surface area contributed by atoms with Crippen molar-refractivity contribution in [2.24, 2.45) is 0 Å². The molecule has 0 unspecified atom stereocenters. The number of nitrogens with one attached hydrogen (secondary N) is 1. The largest absolute Gasteiger partial charge is 0.477 e. The number of carboxylic acid groups (broad SMARTS) is 1. The van der Waals surface area contributed by atoms with Crippen molar-refractivity contribution >= 4 is 11.7 Å². The van der Waals surface area contributed by atoms with E-state index in [0.717, 1.165) is 18.9 Å². The van der Waals surface area contributed by atoms with Gasteiger partial charge < -0.3 is 15.2 Å². The average Bonchev–Trinajstić information content (AvgIpc) is 2.96. The van der Waals surface area contributed by atoms with Gasteiger partial charge in [-0.2, -0.15) is 13.2 Å². The Morgan fingerprint density at radius 1 is 1.35 bits per heavy atom. The van der Waals surface area contributed by atoms with E-state index in [-0.39, 0.29) is 29.4 Å². The van der Waals surface area contributed by atoms with Gasteiger partial charge in [0.1, 0.15) is 5.56 Å². The summed E-state index contributed by atoms with van der Waals surface area (Å²) < 4.78 is 46.6. The topological polar surface area (TPSA) is 76.4 Å². The Bertz CT molecular complexity index is 772. The highest BCUT2D eigenvalue weighted by molar-refractivity contribution is 5.90. The Kier molecular flexibility index (Phi) is 6.12. The smallest absolute Gasteiger partial charge is 0.418 e. The van der Waals surface area contributed by atoms with Crippen LogP contribution < -0.4 is 10.1 Å². The number of para-hydroxylation sites is 1. The summed E-state index contributed by atoms with van der Waals surface area (Å²) in [5, 5.41) is 16.0. The Labute approximate surface area is 148 Å². The number of aromatic nitrogens is 2. The summed E-state index contributed by atoms with van der Waals surface area (Å²) in [7, 11) is 0. The third-order valence-electron chi connectivity index (χ3n) is 3.59. The van der Waals surface area contributed by atoms with Crippen LogP contribution in [0, 0.1) is 0 Å². The predicted octanol–water partition coefficient (Wildman–Crippen LogP) is 4.62. The molecule has 0 saturated carbocycles. The first kappa shape index (κ1) is 19.6. The number of carbonyl (C=O) groups is 1. The molecule has 1 aromatic carbocycles. The van der Waals surface area contributed by atoms with Gasteiger partial charge in [0, 0.05) is 19.3 Å². The van der Waals surface area contributed by atoms with Crippen LogP contribution in [-0.4, -0.2) is 27.4 Å². The van der Waals surface area contributed by atoms with Gasteiger partial charge in [0.25, 0.3) is 5.88 Å². The Morgan fingerprint density at radius 3 is 2.65 bits per heavy atom. The summed E-state index contributed by atoms with van der Waals surface area (Å²) in [6.07, 6.45) is -1.59. The molecule has 142 valence electrons. The van der Waals surface area contributed by atoms with Gasteiger partial charge >= 0.3 is 12.1 Å². The zero-order valence-corrected chi connectivity index (χ0v) is 14.4. The SMILES string of the molecule is CCCCn1cc(C(=O)O)c(Oc2cccc(C(F)(F)F)c2NCC)n1. The molecule has 9 heteroatoms. The second-order valence-corrected chi connectivity index (χ2v) is 5.58. The number of halogens is 3. The van der Waals surface area contributed by atoms with Crippen LogP contribution in [0.25, 0.3) is 0 Å². The monoisotopic (exact) mass is 371 g/mol. The van der Waals surface area contributed by atoms with Gasteiger partial charge in [0.05, 0.1) is 11.3 Å². The van der Waals surface area contributed by atoms with E-state index in [9.17, 15) is 23.1 Å². The first-order chi connectivity index (χ1) is 12.3. The summed E-state index contributed by atoms with van der Waals surface area (Å²) >= 11 is 0. The van der Waals surface area contributed by atoms with Crippen molar-refractivity contribution in [3.05, 3.63) is 35.5 Å². The minimum absolute atomic E-state index is 0.134. The molecule has 2 N–H and O–H groups in total.